The number of amides is 2. The zero-order valence-corrected chi connectivity index (χ0v) is 17.3. The van der Waals surface area contributed by atoms with Crippen molar-refractivity contribution in [2.45, 2.75) is 0 Å². The smallest absolute Gasteiger partial charge is 0.266 e. The molecule has 0 spiro atoms. The molecule has 6 nitrogen and oxygen atoms in total. The Morgan fingerprint density at radius 3 is 1.82 bits per heavy atom. The number of carbonyl (C=O) groups is 2. The summed E-state index contributed by atoms with van der Waals surface area (Å²) in [7, 11) is 0. The number of para-hydroxylation sites is 1. The molecule has 0 fully saturated rings. The third kappa shape index (κ3) is 3.91. The van der Waals surface area contributed by atoms with Gasteiger partial charge in [0.25, 0.3) is 11.8 Å². The van der Waals surface area contributed by atoms with Gasteiger partial charge in [-0.15, -0.1) is 0 Å². The molecule has 1 heterocycles. The third-order valence-electron chi connectivity index (χ3n) is 5.15. The Hall–Kier alpha value is -4.89. The summed E-state index contributed by atoms with van der Waals surface area (Å²) in [5.41, 5.74) is 1.62. The number of benzene rings is 4. The minimum absolute atomic E-state index is 0.298. The van der Waals surface area contributed by atoms with Gasteiger partial charge in [0.15, 0.2) is 0 Å². The van der Waals surface area contributed by atoms with Crippen molar-refractivity contribution in [1.82, 2.24) is 0 Å². The third-order valence-corrected chi connectivity index (χ3v) is 5.15. The van der Waals surface area contributed by atoms with Gasteiger partial charge in [-0.05, 0) is 78.9 Å². The number of nitriles is 1. The van der Waals surface area contributed by atoms with E-state index in [1.165, 1.54) is 0 Å². The first-order valence-electron chi connectivity index (χ1n) is 10.2. The summed E-state index contributed by atoms with van der Waals surface area (Å²) < 4.78 is 11.6. The lowest BCUT2D eigenvalue weighted by molar-refractivity contribution is 0.0926. The van der Waals surface area contributed by atoms with Crippen LogP contribution in [0.1, 0.15) is 26.3 Å². The van der Waals surface area contributed by atoms with Crippen LogP contribution in [0.3, 0.4) is 0 Å². The zero-order chi connectivity index (χ0) is 22.8. The Kier molecular flexibility index (Phi) is 5.06. The second-order valence-corrected chi connectivity index (χ2v) is 7.30. The van der Waals surface area contributed by atoms with Crippen LogP contribution in [-0.4, -0.2) is 11.8 Å². The first kappa shape index (κ1) is 20.0. The first-order valence-corrected chi connectivity index (χ1v) is 10.2. The maximum absolute atomic E-state index is 13.0. The fraction of sp³-hybridized carbons (Fsp3) is 0. The van der Waals surface area contributed by atoms with E-state index in [0.29, 0.717) is 45.4 Å². The SMILES string of the molecule is N#Cc1ccc(Oc2ccc(N3C(=O)c4ccc(Oc5ccccc5)cc4C3=O)cc2)cc1. The highest BCUT2D eigenvalue weighted by Crippen LogP contribution is 2.33. The molecule has 0 saturated carbocycles. The van der Waals surface area contributed by atoms with Crippen molar-refractivity contribution in [3.05, 3.63) is 114 Å². The molecule has 0 aliphatic carbocycles. The van der Waals surface area contributed by atoms with Crippen molar-refractivity contribution in [2.75, 3.05) is 4.90 Å². The van der Waals surface area contributed by atoms with Crippen LogP contribution in [0.5, 0.6) is 23.0 Å². The van der Waals surface area contributed by atoms with Gasteiger partial charge in [0.1, 0.15) is 23.0 Å². The number of carbonyl (C=O) groups excluding carboxylic acids is 2. The van der Waals surface area contributed by atoms with Gasteiger partial charge in [-0.2, -0.15) is 5.26 Å². The fourth-order valence-electron chi connectivity index (χ4n) is 3.54. The molecule has 33 heavy (non-hydrogen) atoms. The molecule has 1 aliphatic heterocycles. The number of hydrogen-bond acceptors (Lipinski definition) is 5. The molecule has 6 heteroatoms. The van der Waals surface area contributed by atoms with Gasteiger partial charge in [0, 0.05) is 0 Å². The van der Waals surface area contributed by atoms with E-state index in [-0.39, 0.29) is 5.91 Å². The van der Waals surface area contributed by atoms with E-state index in [1.54, 1.807) is 66.7 Å². The van der Waals surface area contributed by atoms with E-state index >= 15 is 0 Å². The summed E-state index contributed by atoms with van der Waals surface area (Å²) in [5, 5.41) is 8.88. The van der Waals surface area contributed by atoms with Crippen molar-refractivity contribution in [3.63, 3.8) is 0 Å². The number of ether oxygens (including phenoxy) is 2. The first-order chi connectivity index (χ1) is 16.1. The van der Waals surface area contributed by atoms with Gasteiger partial charge in [-0.3, -0.25) is 9.59 Å². The highest BCUT2D eigenvalue weighted by Gasteiger charge is 2.37. The average molecular weight is 432 g/mol. The van der Waals surface area contributed by atoms with Crippen LogP contribution in [0.2, 0.25) is 0 Å². The second kappa shape index (κ2) is 8.33. The lowest BCUT2D eigenvalue weighted by atomic mass is 10.1. The minimum atomic E-state index is -0.408. The van der Waals surface area contributed by atoms with Crippen LogP contribution in [0, 0.1) is 11.3 Å². The summed E-state index contributed by atoms with van der Waals surface area (Å²) in [4.78, 5) is 27.1. The van der Waals surface area contributed by atoms with Gasteiger partial charge >= 0.3 is 0 Å². The maximum atomic E-state index is 13.0. The van der Waals surface area contributed by atoms with Crippen molar-refractivity contribution in [3.8, 4) is 29.1 Å². The molecule has 0 aromatic heterocycles. The summed E-state index contributed by atoms with van der Waals surface area (Å²) >= 11 is 0. The molecule has 0 unspecified atom stereocenters. The van der Waals surface area contributed by atoms with Gasteiger partial charge in [0.05, 0.1) is 28.4 Å². The lowest BCUT2D eigenvalue weighted by Crippen LogP contribution is -2.29. The fourth-order valence-corrected chi connectivity index (χ4v) is 3.54. The normalized spacial score (nSPS) is 12.3. The van der Waals surface area contributed by atoms with E-state index in [4.69, 9.17) is 14.7 Å². The van der Waals surface area contributed by atoms with E-state index in [1.807, 2.05) is 30.3 Å². The van der Waals surface area contributed by atoms with Crippen LogP contribution in [0.25, 0.3) is 0 Å². The predicted molar refractivity (Wildman–Crippen MR) is 122 cm³/mol. The Bertz CT molecular complexity index is 1390. The van der Waals surface area contributed by atoms with E-state index in [0.717, 1.165) is 4.90 Å². The number of nitrogens with zero attached hydrogens (tertiary/aromatic N) is 2. The number of hydrogen-bond donors (Lipinski definition) is 0. The molecular weight excluding hydrogens is 416 g/mol. The molecule has 0 radical (unpaired) electrons. The number of fused-ring (bicyclic) bond motifs is 1. The van der Waals surface area contributed by atoms with E-state index < -0.39 is 5.91 Å². The van der Waals surface area contributed by atoms with Gasteiger partial charge in [-0.25, -0.2) is 4.90 Å². The summed E-state index contributed by atoms with van der Waals surface area (Å²) in [6.07, 6.45) is 0. The molecular formula is C27H16N2O4. The van der Waals surface area contributed by atoms with Gasteiger partial charge < -0.3 is 9.47 Å². The Balaban J connectivity index is 1.35. The van der Waals surface area contributed by atoms with Crippen LogP contribution in [-0.2, 0) is 0 Å². The summed E-state index contributed by atoms with van der Waals surface area (Å²) in [6, 6.07) is 29.6. The Morgan fingerprint density at radius 1 is 0.606 bits per heavy atom. The molecule has 5 rings (SSSR count). The molecule has 2 amide bonds. The zero-order valence-electron chi connectivity index (χ0n) is 17.3. The number of anilines is 1. The standard InChI is InChI=1S/C27H16N2O4/c28-17-18-6-10-21(11-7-18)32-22-12-8-19(9-13-22)29-26(30)24-15-14-23(16-25(24)27(29)31)33-20-4-2-1-3-5-20/h1-16H. The molecule has 0 saturated heterocycles. The molecule has 158 valence electrons. The molecule has 4 aromatic rings. The number of imide groups is 1. The van der Waals surface area contributed by atoms with Crippen LogP contribution in [0.15, 0.2) is 97.1 Å². The number of rotatable bonds is 5. The quantitative estimate of drug-likeness (QED) is 0.365. The highest BCUT2D eigenvalue weighted by atomic mass is 16.5. The van der Waals surface area contributed by atoms with Crippen LogP contribution in [0.4, 0.5) is 5.69 Å². The molecule has 0 N–H and O–H groups in total. The molecule has 4 aromatic carbocycles. The van der Waals surface area contributed by atoms with E-state index in [9.17, 15) is 9.59 Å². The molecule has 0 atom stereocenters. The minimum Gasteiger partial charge on any atom is -0.457 e. The monoisotopic (exact) mass is 432 g/mol. The van der Waals surface area contributed by atoms with Crippen LogP contribution < -0.4 is 14.4 Å². The maximum Gasteiger partial charge on any atom is 0.266 e. The Morgan fingerprint density at radius 2 is 1.15 bits per heavy atom. The highest BCUT2D eigenvalue weighted by molar-refractivity contribution is 6.34. The largest absolute Gasteiger partial charge is 0.457 e. The summed E-state index contributed by atoms with van der Waals surface area (Å²) in [5.74, 6) is 1.45. The topological polar surface area (TPSA) is 79.6 Å². The average Bonchev–Trinajstić information content (AvgIpc) is 3.10. The van der Waals surface area contributed by atoms with Crippen molar-refractivity contribution in [1.29, 1.82) is 5.26 Å². The second-order valence-electron chi connectivity index (χ2n) is 7.30. The molecule has 1 aliphatic rings. The van der Waals surface area contributed by atoms with Crippen molar-refractivity contribution in [2.24, 2.45) is 0 Å². The van der Waals surface area contributed by atoms with Gasteiger partial charge in [0.2, 0.25) is 0 Å². The molecule has 0 bridgehead atoms. The van der Waals surface area contributed by atoms with Crippen LogP contribution >= 0.6 is 0 Å². The van der Waals surface area contributed by atoms with Gasteiger partial charge in [-0.1, -0.05) is 18.2 Å². The van der Waals surface area contributed by atoms with Crippen molar-refractivity contribution < 1.29 is 19.1 Å². The van der Waals surface area contributed by atoms with E-state index in [2.05, 4.69) is 6.07 Å². The lowest BCUT2D eigenvalue weighted by Gasteiger charge is -2.14. The Labute approximate surface area is 189 Å². The summed E-state index contributed by atoms with van der Waals surface area (Å²) in [6.45, 7) is 0. The predicted octanol–water partition coefficient (Wildman–Crippen LogP) is 5.94. The van der Waals surface area contributed by atoms with Crippen molar-refractivity contribution >= 4 is 17.5 Å².